The van der Waals surface area contributed by atoms with Crippen molar-refractivity contribution in [2.45, 2.75) is 0 Å². The van der Waals surface area contributed by atoms with Crippen LogP contribution in [0, 0.1) is 0 Å². The summed E-state index contributed by atoms with van der Waals surface area (Å²) in [7, 11) is 3.14. The predicted octanol–water partition coefficient (Wildman–Crippen LogP) is 2.54. The highest BCUT2D eigenvalue weighted by molar-refractivity contribution is 7.22. The van der Waals surface area contributed by atoms with Crippen molar-refractivity contribution >= 4 is 32.6 Å². The molecule has 1 N–H and O–H groups in total. The monoisotopic (exact) mass is 382 g/mol. The van der Waals surface area contributed by atoms with Crippen LogP contribution in [0.5, 0.6) is 11.5 Å². The van der Waals surface area contributed by atoms with Gasteiger partial charge in [-0.1, -0.05) is 11.3 Å². The van der Waals surface area contributed by atoms with Crippen LogP contribution in [0.25, 0.3) is 16.0 Å². The number of carbonyl (C=O) groups excluding carboxylic acids is 1. The number of thiazole rings is 1. The Hall–Kier alpha value is -3.53. The fourth-order valence-electron chi connectivity index (χ4n) is 2.46. The normalized spacial score (nSPS) is 10.7. The molecule has 0 bridgehead atoms. The second kappa shape index (κ2) is 7.00. The number of anilines is 1. The van der Waals surface area contributed by atoms with E-state index in [0.717, 1.165) is 4.70 Å². The van der Waals surface area contributed by atoms with Crippen LogP contribution >= 0.6 is 11.3 Å². The Bertz CT molecular complexity index is 1050. The third-order valence-corrected chi connectivity index (χ3v) is 4.71. The highest BCUT2D eigenvalue weighted by Crippen LogP contribution is 2.36. The van der Waals surface area contributed by atoms with E-state index in [0.29, 0.717) is 33.5 Å². The molecule has 9 nitrogen and oxygen atoms in total. The predicted molar refractivity (Wildman–Crippen MR) is 99.8 cm³/mol. The van der Waals surface area contributed by atoms with Gasteiger partial charge in [0.05, 0.1) is 30.0 Å². The number of fused-ring (bicyclic) bond motifs is 1. The minimum absolute atomic E-state index is 0.300. The Morgan fingerprint density at radius 3 is 2.67 bits per heavy atom. The molecule has 0 fully saturated rings. The van der Waals surface area contributed by atoms with E-state index < -0.39 is 0 Å². The van der Waals surface area contributed by atoms with Crippen molar-refractivity contribution in [1.82, 2.24) is 24.7 Å². The number of pyridine rings is 1. The number of hydrogen-bond acceptors (Lipinski definition) is 8. The summed E-state index contributed by atoms with van der Waals surface area (Å²) >= 11 is 1.35. The van der Waals surface area contributed by atoms with Crippen LogP contribution in [-0.4, -0.2) is 44.9 Å². The number of amides is 1. The van der Waals surface area contributed by atoms with Gasteiger partial charge in [-0.2, -0.15) is 5.10 Å². The third kappa shape index (κ3) is 3.29. The first-order valence-electron chi connectivity index (χ1n) is 7.83. The van der Waals surface area contributed by atoms with Gasteiger partial charge in [0.1, 0.15) is 12.7 Å². The second-order valence-corrected chi connectivity index (χ2v) is 6.42. The molecule has 0 atom stereocenters. The fraction of sp³-hybridized carbons (Fsp3) is 0.118. The minimum atomic E-state index is -0.300. The highest BCUT2D eigenvalue weighted by atomic mass is 32.1. The van der Waals surface area contributed by atoms with Gasteiger partial charge in [0.2, 0.25) is 0 Å². The number of methoxy groups -OCH3 is 2. The number of carbonyl (C=O) groups is 1. The van der Waals surface area contributed by atoms with Gasteiger partial charge >= 0.3 is 0 Å². The molecule has 4 aromatic rings. The Balaban J connectivity index is 1.55. The molecular weight excluding hydrogens is 368 g/mol. The number of nitrogens with one attached hydrogen (secondary N) is 1. The Morgan fingerprint density at radius 1 is 1.19 bits per heavy atom. The van der Waals surface area contributed by atoms with Gasteiger partial charge in [0.15, 0.2) is 22.4 Å². The standard InChI is InChI=1S/C17H14N6O3S/c1-25-12-5-11-14(6-13(12)26-2)27-17(21-11)22-16(24)10-3-4-15(19-7-10)23-9-18-8-20-23/h3-9H,1-2H3,(H,21,22,24). The van der Waals surface area contributed by atoms with E-state index in [9.17, 15) is 4.79 Å². The van der Waals surface area contributed by atoms with Crippen LogP contribution in [0.2, 0.25) is 0 Å². The highest BCUT2D eigenvalue weighted by Gasteiger charge is 2.14. The van der Waals surface area contributed by atoms with E-state index in [1.807, 2.05) is 6.07 Å². The molecule has 0 radical (unpaired) electrons. The third-order valence-electron chi connectivity index (χ3n) is 3.78. The molecule has 0 aliphatic carbocycles. The van der Waals surface area contributed by atoms with Crippen LogP contribution in [-0.2, 0) is 0 Å². The molecule has 3 heterocycles. The number of benzene rings is 1. The fourth-order valence-corrected chi connectivity index (χ4v) is 3.33. The van der Waals surface area contributed by atoms with E-state index in [2.05, 4.69) is 25.4 Å². The lowest BCUT2D eigenvalue weighted by atomic mass is 10.2. The molecule has 0 spiro atoms. The van der Waals surface area contributed by atoms with Gasteiger partial charge in [-0.25, -0.2) is 19.6 Å². The first-order chi connectivity index (χ1) is 13.2. The maximum atomic E-state index is 12.5. The van der Waals surface area contributed by atoms with E-state index in [1.54, 1.807) is 32.4 Å². The van der Waals surface area contributed by atoms with E-state index in [1.165, 1.54) is 34.9 Å². The first kappa shape index (κ1) is 16.9. The summed E-state index contributed by atoms with van der Waals surface area (Å²) in [4.78, 5) is 25.0. The van der Waals surface area contributed by atoms with Gasteiger partial charge in [-0.15, -0.1) is 0 Å². The smallest absolute Gasteiger partial charge is 0.259 e. The maximum absolute atomic E-state index is 12.5. The Labute approximate surface area is 157 Å². The summed E-state index contributed by atoms with van der Waals surface area (Å²) in [5.41, 5.74) is 1.13. The van der Waals surface area contributed by atoms with Crippen LogP contribution in [0.3, 0.4) is 0 Å². The van der Waals surface area contributed by atoms with Crippen LogP contribution < -0.4 is 14.8 Å². The zero-order chi connectivity index (χ0) is 18.8. The van der Waals surface area contributed by atoms with E-state index in [4.69, 9.17) is 9.47 Å². The molecule has 136 valence electrons. The lowest BCUT2D eigenvalue weighted by Crippen LogP contribution is -2.12. The van der Waals surface area contributed by atoms with E-state index in [-0.39, 0.29) is 5.91 Å². The van der Waals surface area contributed by atoms with Crippen LogP contribution in [0.15, 0.2) is 43.1 Å². The largest absolute Gasteiger partial charge is 0.493 e. The van der Waals surface area contributed by atoms with Crippen LogP contribution in [0.4, 0.5) is 5.13 Å². The van der Waals surface area contributed by atoms with Crippen molar-refractivity contribution in [2.24, 2.45) is 0 Å². The minimum Gasteiger partial charge on any atom is -0.493 e. The summed E-state index contributed by atoms with van der Waals surface area (Å²) < 4.78 is 13.0. The van der Waals surface area contributed by atoms with Crippen molar-refractivity contribution in [3.8, 4) is 17.3 Å². The quantitative estimate of drug-likeness (QED) is 0.565. The molecule has 0 saturated heterocycles. The van der Waals surface area contributed by atoms with Gasteiger partial charge in [0, 0.05) is 18.3 Å². The number of nitrogens with zero attached hydrogens (tertiary/aromatic N) is 5. The van der Waals surface area contributed by atoms with Crippen molar-refractivity contribution in [2.75, 3.05) is 19.5 Å². The number of aromatic nitrogens is 5. The summed E-state index contributed by atoms with van der Waals surface area (Å²) in [5, 5.41) is 7.26. The zero-order valence-electron chi connectivity index (χ0n) is 14.4. The summed E-state index contributed by atoms with van der Waals surface area (Å²) in [6, 6.07) is 6.96. The summed E-state index contributed by atoms with van der Waals surface area (Å²) in [6.07, 6.45) is 4.43. The number of hydrogen-bond donors (Lipinski definition) is 1. The molecule has 3 aromatic heterocycles. The molecule has 0 unspecified atom stereocenters. The second-order valence-electron chi connectivity index (χ2n) is 5.39. The van der Waals surface area contributed by atoms with Gasteiger partial charge in [-0.3, -0.25) is 10.1 Å². The van der Waals surface area contributed by atoms with Crippen molar-refractivity contribution in [3.05, 3.63) is 48.7 Å². The number of rotatable bonds is 5. The molecule has 4 rings (SSSR count). The lowest BCUT2D eigenvalue weighted by molar-refractivity contribution is 0.102. The van der Waals surface area contributed by atoms with Gasteiger partial charge in [0.25, 0.3) is 5.91 Å². The Kier molecular flexibility index (Phi) is 4.38. The molecule has 1 amide bonds. The lowest BCUT2D eigenvalue weighted by Gasteiger charge is -2.05. The van der Waals surface area contributed by atoms with Crippen LogP contribution in [0.1, 0.15) is 10.4 Å². The molecule has 27 heavy (non-hydrogen) atoms. The molecule has 10 heteroatoms. The molecule has 1 aromatic carbocycles. The van der Waals surface area contributed by atoms with Crippen molar-refractivity contribution < 1.29 is 14.3 Å². The molecule has 0 saturated carbocycles. The Morgan fingerprint density at radius 2 is 2.00 bits per heavy atom. The van der Waals surface area contributed by atoms with Gasteiger partial charge in [-0.05, 0) is 12.1 Å². The SMILES string of the molecule is COc1cc2nc(NC(=O)c3ccc(-n4cncn4)nc3)sc2cc1OC. The zero-order valence-corrected chi connectivity index (χ0v) is 15.2. The molecular formula is C17H14N6O3S. The molecule has 0 aliphatic heterocycles. The number of ether oxygens (including phenoxy) is 2. The molecule has 0 aliphatic rings. The average Bonchev–Trinajstić information content (AvgIpc) is 3.36. The van der Waals surface area contributed by atoms with E-state index >= 15 is 0 Å². The average molecular weight is 382 g/mol. The van der Waals surface area contributed by atoms with Crippen molar-refractivity contribution in [3.63, 3.8) is 0 Å². The maximum Gasteiger partial charge on any atom is 0.259 e. The van der Waals surface area contributed by atoms with Gasteiger partial charge < -0.3 is 9.47 Å². The first-order valence-corrected chi connectivity index (χ1v) is 8.64. The topological polar surface area (TPSA) is 104 Å². The van der Waals surface area contributed by atoms with Crippen molar-refractivity contribution in [1.29, 1.82) is 0 Å². The summed E-state index contributed by atoms with van der Waals surface area (Å²) in [6.45, 7) is 0. The summed E-state index contributed by atoms with van der Waals surface area (Å²) in [5.74, 6) is 1.47.